The van der Waals surface area contributed by atoms with Gasteiger partial charge in [-0.3, -0.25) is 0 Å². The van der Waals surface area contributed by atoms with Crippen LogP contribution in [0.15, 0.2) is 35.8 Å². The summed E-state index contributed by atoms with van der Waals surface area (Å²) < 4.78 is 29.5. The maximum atomic E-state index is 14.3. The Morgan fingerprint density at radius 3 is 2.66 bits per heavy atom. The van der Waals surface area contributed by atoms with Crippen molar-refractivity contribution in [3.63, 3.8) is 0 Å². The molecule has 2 aliphatic heterocycles. The Morgan fingerprint density at radius 1 is 1.14 bits per heavy atom. The number of anilines is 1. The standard InChI is InChI=1S/C22H20F2N10O/c1-14-27-13-33(30-14)20-18(24)12-26-21(29-20)31-4-6-32(7-5-31)22(35)34-19(2-3-28-34)16-8-15(11-25)9-17(23)10-16/h3,8-10,12-13,19H,2,4-7H2,1H3/t19-/m0/s1. The van der Waals surface area contributed by atoms with Crippen LogP contribution in [0.4, 0.5) is 19.5 Å². The van der Waals surface area contributed by atoms with Crippen molar-refractivity contribution in [2.24, 2.45) is 5.10 Å². The van der Waals surface area contributed by atoms with Crippen LogP contribution in [0, 0.1) is 29.9 Å². The van der Waals surface area contributed by atoms with E-state index in [0.29, 0.717) is 49.9 Å². The summed E-state index contributed by atoms with van der Waals surface area (Å²) in [6.45, 7) is 3.27. The van der Waals surface area contributed by atoms with E-state index in [1.807, 2.05) is 11.0 Å². The SMILES string of the molecule is Cc1ncn(-c2nc(N3CCN(C(=O)N4N=CC[C@H]4c4cc(F)cc(C#N)c4)CC3)ncc2F)n1. The molecule has 0 N–H and O–H groups in total. The molecule has 2 amide bonds. The molecule has 0 bridgehead atoms. The molecule has 2 aromatic heterocycles. The number of piperazine rings is 1. The maximum Gasteiger partial charge on any atom is 0.341 e. The number of nitrogens with zero attached hydrogens (tertiary/aromatic N) is 10. The molecule has 0 saturated carbocycles. The van der Waals surface area contributed by atoms with Crippen molar-refractivity contribution in [1.29, 1.82) is 5.26 Å². The number of urea groups is 1. The molecule has 1 fully saturated rings. The van der Waals surface area contributed by atoms with Gasteiger partial charge in [-0.2, -0.15) is 25.1 Å². The smallest absolute Gasteiger partial charge is 0.337 e. The molecule has 1 atom stereocenters. The fourth-order valence-corrected chi connectivity index (χ4v) is 4.10. The van der Waals surface area contributed by atoms with E-state index in [1.165, 1.54) is 22.1 Å². The number of hydrogen-bond donors (Lipinski definition) is 0. The molecule has 1 saturated heterocycles. The first-order valence-corrected chi connectivity index (χ1v) is 10.9. The average molecular weight is 478 g/mol. The Hall–Kier alpha value is -4.47. The van der Waals surface area contributed by atoms with Gasteiger partial charge in [-0.1, -0.05) is 0 Å². The first-order chi connectivity index (χ1) is 16.9. The van der Waals surface area contributed by atoms with Crippen molar-refractivity contribution in [2.45, 2.75) is 19.4 Å². The monoisotopic (exact) mass is 478 g/mol. The van der Waals surface area contributed by atoms with Crippen LogP contribution in [-0.2, 0) is 0 Å². The highest BCUT2D eigenvalue weighted by Crippen LogP contribution is 2.30. The number of nitriles is 1. The zero-order chi connectivity index (χ0) is 24.5. The molecule has 0 aliphatic carbocycles. The largest absolute Gasteiger partial charge is 0.341 e. The van der Waals surface area contributed by atoms with E-state index < -0.39 is 17.7 Å². The minimum absolute atomic E-state index is 0.00446. The minimum Gasteiger partial charge on any atom is -0.337 e. The summed E-state index contributed by atoms with van der Waals surface area (Å²) in [6, 6.07) is 5.17. The van der Waals surface area contributed by atoms with Gasteiger partial charge in [-0.05, 0) is 30.7 Å². The van der Waals surface area contributed by atoms with E-state index in [9.17, 15) is 13.6 Å². The van der Waals surface area contributed by atoms with Crippen LogP contribution in [0.2, 0.25) is 0 Å². The highest BCUT2D eigenvalue weighted by Gasteiger charge is 2.34. The van der Waals surface area contributed by atoms with Crippen LogP contribution in [-0.4, -0.2) is 73.1 Å². The van der Waals surface area contributed by atoms with Gasteiger partial charge in [0.25, 0.3) is 0 Å². The van der Waals surface area contributed by atoms with E-state index in [0.717, 1.165) is 12.3 Å². The second kappa shape index (κ2) is 9.05. The second-order valence-electron chi connectivity index (χ2n) is 8.11. The summed E-state index contributed by atoms with van der Waals surface area (Å²) in [5, 5.41) is 18.8. The summed E-state index contributed by atoms with van der Waals surface area (Å²) in [5.74, 6) is -0.353. The Balaban J connectivity index is 1.28. The number of hydrazone groups is 1. The third-order valence-corrected chi connectivity index (χ3v) is 5.83. The lowest BCUT2D eigenvalue weighted by Crippen LogP contribution is -2.52. The molecule has 4 heterocycles. The number of carbonyl (C=O) groups excluding carboxylic acids is 1. The summed E-state index contributed by atoms with van der Waals surface area (Å²) in [6.07, 6.45) is 4.50. The molecule has 0 unspecified atom stereocenters. The third-order valence-electron chi connectivity index (χ3n) is 5.83. The highest BCUT2D eigenvalue weighted by atomic mass is 19.1. The van der Waals surface area contributed by atoms with E-state index in [4.69, 9.17) is 5.26 Å². The van der Waals surface area contributed by atoms with Gasteiger partial charge in [-0.25, -0.2) is 28.6 Å². The lowest BCUT2D eigenvalue weighted by atomic mass is 10.0. The first kappa shape index (κ1) is 22.3. The van der Waals surface area contributed by atoms with Gasteiger partial charge in [0.2, 0.25) is 5.95 Å². The van der Waals surface area contributed by atoms with Gasteiger partial charge >= 0.3 is 6.03 Å². The van der Waals surface area contributed by atoms with Gasteiger partial charge in [0.15, 0.2) is 11.6 Å². The molecule has 3 aromatic rings. The Morgan fingerprint density at radius 2 is 1.94 bits per heavy atom. The number of carbonyl (C=O) groups is 1. The average Bonchev–Trinajstić information content (AvgIpc) is 3.53. The Kier molecular flexibility index (Phi) is 5.77. The molecule has 0 spiro atoms. The van der Waals surface area contributed by atoms with Crippen LogP contribution in [0.5, 0.6) is 0 Å². The summed E-state index contributed by atoms with van der Waals surface area (Å²) in [4.78, 5) is 29.1. The van der Waals surface area contributed by atoms with Gasteiger partial charge in [0.05, 0.1) is 23.9 Å². The topological polar surface area (TPSA) is 119 Å². The lowest BCUT2D eigenvalue weighted by molar-refractivity contribution is 0.139. The predicted molar refractivity (Wildman–Crippen MR) is 120 cm³/mol. The van der Waals surface area contributed by atoms with Gasteiger partial charge < -0.3 is 9.80 Å². The fourth-order valence-electron chi connectivity index (χ4n) is 4.10. The van der Waals surface area contributed by atoms with Crippen molar-refractivity contribution < 1.29 is 13.6 Å². The van der Waals surface area contributed by atoms with E-state index in [2.05, 4.69) is 25.2 Å². The molecule has 2 aliphatic rings. The quantitative estimate of drug-likeness (QED) is 0.566. The zero-order valence-corrected chi connectivity index (χ0v) is 18.7. The summed E-state index contributed by atoms with van der Waals surface area (Å²) >= 11 is 0. The van der Waals surface area contributed by atoms with Crippen molar-refractivity contribution in [2.75, 3.05) is 31.1 Å². The van der Waals surface area contributed by atoms with Crippen LogP contribution in [0.3, 0.4) is 0 Å². The van der Waals surface area contributed by atoms with Crippen molar-refractivity contribution in [1.82, 2.24) is 34.6 Å². The molecule has 178 valence electrons. The number of aryl methyl sites for hydroxylation is 1. The zero-order valence-electron chi connectivity index (χ0n) is 18.7. The molecule has 5 rings (SSSR count). The molecule has 11 nitrogen and oxygen atoms in total. The highest BCUT2D eigenvalue weighted by molar-refractivity contribution is 5.78. The fraction of sp³-hybridized carbons (Fsp3) is 0.318. The molecule has 13 heteroatoms. The van der Waals surface area contributed by atoms with Crippen LogP contribution in [0.25, 0.3) is 5.82 Å². The molecule has 35 heavy (non-hydrogen) atoms. The minimum atomic E-state index is -0.623. The van der Waals surface area contributed by atoms with Crippen molar-refractivity contribution in [3.8, 4) is 11.9 Å². The number of hydrogen-bond acceptors (Lipinski definition) is 8. The number of halogens is 2. The lowest BCUT2D eigenvalue weighted by Gasteiger charge is -2.37. The third kappa shape index (κ3) is 4.37. The van der Waals surface area contributed by atoms with E-state index in [-0.39, 0.29) is 17.4 Å². The summed E-state index contributed by atoms with van der Waals surface area (Å²) in [5.41, 5.74) is 0.703. The first-order valence-electron chi connectivity index (χ1n) is 10.9. The van der Waals surface area contributed by atoms with Crippen molar-refractivity contribution in [3.05, 3.63) is 59.3 Å². The number of rotatable bonds is 3. The normalized spacial score (nSPS) is 17.7. The maximum absolute atomic E-state index is 14.3. The van der Waals surface area contributed by atoms with Gasteiger partial charge in [0, 0.05) is 38.8 Å². The molecular weight excluding hydrogens is 458 g/mol. The molecule has 1 aromatic carbocycles. The second-order valence-corrected chi connectivity index (χ2v) is 8.11. The molecular formula is C22H20F2N10O. The Bertz CT molecular complexity index is 1340. The number of aromatic nitrogens is 5. The van der Waals surface area contributed by atoms with Crippen molar-refractivity contribution >= 4 is 18.2 Å². The summed E-state index contributed by atoms with van der Waals surface area (Å²) in [7, 11) is 0. The van der Waals surface area contributed by atoms with Gasteiger partial charge in [-0.15, -0.1) is 0 Å². The predicted octanol–water partition coefficient (Wildman–Crippen LogP) is 2.19. The number of benzene rings is 1. The number of amides is 2. The Labute approximate surface area is 198 Å². The molecule has 0 radical (unpaired) electrons. The van der Waals surface area contributed by atoms with Gasteiger partial charge in [0.1, 0.15) is 18.0 Å². The van der Waals surface area contributed by atoms with E-state index >= 15 is 0 Å². The van der Waals surface area contributed by atoms with Crippen LogP contribution < -0.4 is 4.90 Å². The van der Waals surface area contributed by atoms with Crippen LogP contribution >= 0.6 is 0 Å². The van der Waals surface area contributed by atoms with E-state index in [1.54, 1.807) is 24.1 Å². The van der Waals surface area contributed by atoms with Crippen LogP contribution in [0.1, 0.15) is 29.4 Å².